The van der Waals surface area contributed by atoms with Crippen LogP contribution in [0.15, 0.2) is 42.3 Å². The van der Waals surface area contributed by atoms with Gasteiger partial charge in [-0.15, -0.1) is 0 Å². The average molecular weight is 564 g/mol. The Kier molecular flexibility index (Phi) is 8.03. The van der Waals surface area contributed by atoms with Crippen molar-refractivity contribution < 1.29 is 19.1 Å². The van der Waals surface area contributed by atoms with E-state index in [2.05, 4.69) is 43.1 Å². The predicted molar refractivity (Wildman–Crippen MR) is 161 cm³/mol. The number of aromatic nitrogens is 1. The van der Waals surface area contributed by atoms with E-state index in [4.69, 9.17) is 9.47 Å². The maximum atomic E-state index is 12.9. The van der Waals surface area contributed by atoms with Gasteiger partial charge in [-0.25, -0.2) is 9.59 Å². The number of ether oxygens (including phenoxy) is 2. The van der Waals surface area contributed by atoms with Gasteiger partial charge in [0.05, 0.1) is 0 Å². The summed E-state index contributed by atoms with van der Waals surface area (Å²) in [5.41, 5.74) is 4.15. The number of carbonyl (C=O) groups excluding carboxylic acids is 2. The number of likely N-dealkylation sites (N-methyl/N-ethyl adjacent to an activating group) is 2. The summed E-state index contributed by atoms with van der Waals surface area (Å²) in [6.07, 6.45) is 15.7. The number of allylic oxidation sites excluding steroid dienone is 3. The summed E-state index contributed by atoms with van der Waals surface area (Å²) in [5.74, 6) is 2.05. The predicted octanol–water partition coefficient (Wildman–Crippen LogP) is 7.34. The first-order valence-electron chi connectivity index (χ1n) is 15.5. The number of pyridine rings is 1. The lowest BCUT2D eigenvalue weighted by Crippen LogP contribution is -2.50. The van der Waals surface area contributed by atoms with Gasteiger partial charge in [0.15, 0.2) is 0 Å². The van der Waals surface area contributed by atoms with Crippen molar-refractivity contribution in [1.82, 2.24) is 14.8 Å². The second-order valence-electron chi connectivity index (χ2n) is 14.4. The highest BCUT2D eigenvalue weighted by molar-refractivity contribution is 5.72. The molecule has 224 valence electrons. The number of fused-ring (bicyclic) bond motifs is 5. The van der Waals surface area contributed by atoms with Gasteiger partial charge in [0.25, 0.3) is 0 Å². The molecule has 1 aromatic heterocycles. The maximum absolute atomic E-state index is 12.9. The van der Waals surface area contributed by atoms with E-state index in [1.165, 1.54) is 34.5 Å². The van der Waals surface area contributed by atoms with Crippen molar-refractivity contribution in [3.8, 4) is 0 Å². The second-order valence-corrected chi connectivity index (χ2v) is 14.4. The zero-order valence-corrected chi connectivity index (χ0v) is 26.1. The molecule has 2 fully saturated rings. The fraction of sp³-hybridized carbons (Fsp3) is 0.676. The standard InChI is InChI=1S/C34H49N3O4/c1-32(2,3)41-31(39)37(7)20-19-36(6)30(38)40-25-14-16-33(4)24(21-25)10-11-26-28-13-12-27(23-9-8-18-35-22-23)34(28,5)17-15-29(26)33/h8-10,12,18,22,25-26,28-29H,11,13-17,19-21H2,1-7H3/t25-,26-,28-,29-,33-,34+/m0/s1. The van der Waals surface area contributed by atoms with Gasteiger partial charge < -0.3 is 19.3 Å². The molecule has 0 aliphatic heterocycles. The highest BCUT2D eigenvalue weighted by Gasteiger charge is 2.57. The lowest BCUT2D eigenvalue weighted by atomic mass is 9.47. The molecule has 2 amide bonds. The third-order valence-corrected chi connectivity index (χ3v) is 10.7. The Morgan fingerprint density at radius 3 is 2.37 bits per heavy atom. The minimum Gasteiger partial charge on any atom is -0.446 e. The van der Waals surface area contributed by atoms with E-state index in [-0.39, 0.29) is 23.0 Å². The van der Waals surface area contributed by atoms with Crippen LogP contribution in [0.25, 0.3) is 5.57 Å². The first-order valence-corrected chi connectivity index (χ1v) is 15.5. The minimum absolute atomic E-state index is 0.0939. The van der Waals surface area contributed by atoms with Crippen LogP contribution in [-0.2, 0) is 9.47 Å². The van der Waals surface area contributed by atoms with E-state index < -0.39 is 11.7 Å². The number of nitrogens with zero attached hydrogens (tertiary/aromatic N) is 3. The molecule has 41 heavy (non-hydrogen) atoms. The Hall–Kier alpha value is -2.83. The van der Waals surface area contributed by atoms with E-state index in [9.17, 15) is 9.59 Å². The summed E-state index contributed by atoms with van der Waals surface area (Å²) in [7, 11) is 3.42. The summed E-state index contributed by atoms with van der Waals surface area (Å²) in [5, 5.41) is 0. The second kappa shape index (κ2) is 11.1. The fourth-order valence-corrected chi connectivity index (χ4v) is 8.32. The van der Waals surface area contributed by atoms with Crippen LogP contribution in [-0.4, -0.2) is 65.9 Å². The van der Waals surface area contributed by atoms with Crippen molar-refractivity contribution in [3.63, 3.8) is 0 Å². The fourth-order valence-electron chi connectivity index (χ4n) is 8.32. The Morgan fingerprint density at radius 1 is 0.976 bits per heavy atom. The monoisotopic (exact) mass is 563 g/mol. The van der Waals surface area contributed by atoms with E-state index >= 15 is 0 Å². The molecule has 4 aliphatic carbocycles. The van der Waals surface area contributed by atoms with Gasteiger partial charge in [0, 0.05) is 46.0 Å². The highest BCUT2D eigenvalue weighted by atomic mass is 16.6. The van der Waals surface area contributed by atoms with E-state index in [0.717, 1.165) is 32.1 Å². The van der Waals surface area contributed by atoms with Crippen LogP contribution >= 0.6 is 0 Å². The molecule has 1 aromatic rings. The Bertz CT molecular complexity index is 1200. The van der Waals surface area contributed by atoms with Gasteiger partial charge in [0.1, 0.15) is 11.7 Å². The van der Waals surface area contributed by atoms with Crippen molar-refractivity contribution in [1.29, 1.82) is 0 Å². The molecule has 0 N–H and O–H groups in total. The Balaban J connectivity index is 1.18. The molecule has 0 radical (unpaired) electrons. The molecular weight excluding hydrogens is 514 g/mol. The normalized spacial score (nSPS) is 32.5. The summed E-state index contributed by atoms with van der Waals surface area (Å²) in [6, 6.07) is 4.28. The van der Waals surface area contributed by atoms with Crippen molar-refractivity contribution in [2.45, 2.75) is 91.3 Å². The molecule has 0 saturated heterocycles. The third kappa shape index (κ3) is 5.78. The molecule has 0 unspecified atom stereocenters. The van der Waals surface area contributed by atoms with Gasteiger partial charge in [-0.3, -0.25) is 4.98 Å². The van der Waals surface area contributed by atoms with Crippen LogP contribution in [0.3, 0.4) is 0 Å². The molecule has 0 aromatic carbocycles. The van der Waals surface area contributed by atoms with Crippen molar-refractivity contribution >= 4 is 17.8 Å². The van der Waals surface area contributed by atoms with Gasteiger partial charge in [-0.2, -0.15) is 0 Å². The largest absolute Gasteiger partial charge is 0.446 e. The molecule has 4 aliphatic rings. The summed E-state index contributed by atoms with van der Waals surface area (Å²) >= 11 is 0. The first-order chi connectivity index (χ1) is 19.3. The quantitative estimate of drug-likeness (QED) is 0.351. The molecule has 7 nitrogen and oxygen atoms in total. The molecule has 6 atom stereocenters. The van der Waals surface area contributed by atoms with Crippen molar-refractivity contribution in [2.75, 3.05) is 27.2 Å². The lowest BCUT2D eigenvalue weighted by Gasteiger charge is -2.57. The smallest absolute Gasteiger partial charge is 0.410 e. The summed E-state index contributed by atoms with van der Waals surface area (Å²) in [4.78, 5) is 32.6. The van der Waals surface area contributed by atoms with E-state index in [1.54, 1.807) is 19.0 Å². The van der Waals surface area contributed by atoms with Crippen molar-refractivity contribution in [3.05, 3.63) is 47.8 Å². The molecule has 7 heteroatoms. The van der Waals surface area contributed by atoms with E-state index in [0.29, 0.717) is 30.8 Å². The molecular formula is C34H49N3O4. The SMILES string of the molecule is CN(CCN(C)C(=O)OC(C)(C)C)C(=O)O[C@H]1CC[C@@]2(C)C(=CC[C@@H]3[C@@H]2CC[C@]2(C)C(c4cccnc4)=CC[C@@H]32)C1. The van der Waals surface area contributed by atoms with Crippen LogP contribution in [0, 0.1) is 28.6 Å². The van der Waals surface area contributed by atoms with Crippen molar-refractivity contribution in [2.24, 2.45) is 28.6 Å². The molecule has 2 saturated carbocycles. The minimum atomic E-state index is -0.548. The number of carbonyl (C=O) groups is 2. The van der Waals surface area contributed by atoms with Gasteiger partial charge >= 0.3 is 12.2 Å². The number of rotatable bonds is 5. The number of amides is 2. The molecule has 0 bridgehead atoms. The van der Waals surface area contributed by atoms with Crippen LogP contribution in [0.4, 0.5) is 9.59 Å². The summed E-state index contributed by atoms with van der Waals surface area (Å²) < 4.78 is 11.4. The van der Waals surface area contributed by atoms with Gasteiger partial charge in [-0.1, -0.05) is 37.6 Å². The zero-order valence-electron chi connectivity index (χ0n) is 26.1. The zero-order chi connectivity index (χ0) is 29.6. The van der Waals surface area contributed by atoms with Crippen LogP contribution < -0.4 is 0 Å². The third-order valence-electron chi connectivity index (χ3n) is 10.7. The molecule has 1 heterocycles. The Morgan fingerprint density at radius 2 is 1.68 bits per heavy atom. The first kappa shape index (κ1) is 29.7. The highest BCUT2D eigenvalue weighted by Crippen LogP contribution is 2.66. The Labute approximate surface area is 246 Å². The van der Waals surface area contributed by atoms with E-state index in [1.807, 2.05) is 33.2 Å². The van der Waals surface area contributed by atoms with Gasteiger partial charge in [0.2, 0.25) is 0 Å². The average Bonchev–Trinajstić information content (AvgIpc) is 3.28. The van der Waals surface area contributed by atoms with Crippen LogP contribution in [0.2, 0.25) is 0 Å². The van der Waals surface area contributed by atoms with Crippen LogP contribution in [0.1, 0.15) is 85.1 Å². The topological polar surface area (TPSA) is 72.0 Å². The number of hydrogen-bond donors (Lipinski definition) is 0. The molecule has 5 rings (SSSR count). The lowest BCUT2D eigenvalue weighted by molar-refractivity contribution is -0.0290. The van der Waals surface area contributed by atoms with Gasteiger partial charge in [-0.05, 0) is 105 Å². The maximum Gasteiger partial charge on any atom is 0.410 e. The van der Waals surface area contributed by atoms with Crippen LogP contribution in [0.5, 0.6) is 0 Å². The number of hydrogen-bond acceptors (Lipinski definition) is 5. The summed E-state index contributed by atoms with van der Waals surface area (Å²) in [6.45, 7) is 11.3. The molecule has 0 spiro atoms.